The Labute approximate surface area is 118 Å². The average molecular weight is 306 g/mol. The van der Waals surface area contributed by atoms with Crippen LogP contribution in [0.25, 0.3) is 0 Å². The Kier molecular flexibility index (Phi) is 6.60. The lowest BCUT2D eigenvalue weighted by Crippen LogP contribution is -2.25. The molecular weight excluding hydrogens is 287 g/mol. The predicted molar refractivity (Wildman–Crippen MR) is 78.2 cm³/mol. The van der Waals surface area contributed by atoms with Crippen LogP contribution in [0.5, 0.6) is 0 Å². The molecule has 0 aliphatic heterocycles. The topological polar surface area (TPSA) is 72.2 Å². The largest absolute Gasteiger partial charge is 0.395 e. The lowest BCUT2D eigenvalue weighted by atomic mass is 10.2. The van der Waals surface area contributed by atoms with Crippen LogP contribution in [0.4, 0.5) is 10.1 Å². The van der Waals surface area contributed by atoms with E-state index in [0.29, 0.717) is 6.54 Å². The molecule has 0 amide bonds. The zero-order valence-electron chi connectivity index (χ0n) is 10.9. The van der Waals surface area contributed by atoms with E-state index < -0.39 is 15.8 Å². The Morgan fingerprint density at radius 1 is 1.32 bits per heavy atom. The predicted octanol–water partition coefficient (Wildman–Crippen LogP) is 2.22. The maximum Gasteiger partial charge on any atom is 0.242 e. The van der Waals surface area contributed by atoms with Crippen LogP contribution in [0.15, 0.2) is 23.1 Å². The Bertz CT molecular complexity index is 506. The number of thioether (sulfide) groups is 1. The van der Waals surface area contributed by atoms with Crippen LogP contribution in [-0.4, -0.2) is 27.0 Å². The van der Waals surface area contributed by atoms with E-state index in [1.165, 1.54) is 12.1 Å². The van der Waals surface area contributed by atoms with Gasteiger partial charge in [0.15, 0.2) is 0 Å². The number of benzene rings is 1. The van der Waals surface area contributed by atoms with Crippen molar-refractivity contribution in [1.82, 2.24) is 4.72 Å². The van der Waals surface area contributed by atoms with Crippen LogP contribution in [0.1, 0.15) is 19.3 Å². The van der Waals surface area contributed by atoms with Crippen LogP contribution < -0.4 is 10.5 Å². The highest BCUT2D eigenvalue weighted by atomic mass is 32.2. The number of nitrogen functional groups attached to an aromatic ring is 1. The number of sulfonamides is 1. The van der Waals surface area contributed by atoms with Crippen molar-refractivity contribution in [3.8, 4) is 0 Å². The minimum absolute atomic E-state index is 0.198. The van der Waals surface area contributed by atoms with Gasteiger partial charge in [0.2, 0.25) is 10.0 Å². The van der Waals surface area contributed by atoms with Gasteiger partial charge in [-0.1, -0.05) is 12.5 Å². The first-order valence-electron chi connectivity index (χ1n) is 6.01. The third kappa shape index (κ3) is 5.00. The van der Waals surface area contributed by atoms with E-state index >= 15 is 0 Å². The molecule has 0 unspecified atom stereocenters. The van der Waals surface area contributed by atoms with E-state index in [1.807, 2.05) is 6.26 Å². The maximum absolute atomic E-state index is 13.2. The summed E-state index contributed by atoms with van der Waals surface area (Å²) in [4.78, 5) is -0.198. The van der Waals surface area contributed by atoms with E-state index in [9.17, 15) is 12.8 Å². The number of para-hydroxylation sites is 1. The number of nitrogens with one attached hydrogen (secondary N) is 1. The summed E-state index contributed by atoms with van der Waals surface area (Å²) in [6.45, 7) is 0.340. The zero-order valence-corrected chi connectivity index (χ0v) is 12.5. The van der Waals surface area contributed by atoms with Crippen LogP contribution in [-0.2, 0) is 10.0 Å². The number of nitrogens with two attached hydrogens (primary N) is 1. The fraction of sp³-hybridized carbons (Fsp3) is 0.500. The van der Waals surface area contributed by atoms with E-state index in [-0.39, 0.29) is 10.6 Å². The molecule has 4 nitrogen and oxygen atoms in total. The van der Waals surface area contributed by atoms with Crippen molar-refractivity contribution in [1.29, 1.82) is 0 Å². The molecule has 0 aromatic heterocycles. The molecule has 0 aliphatic rings. The first-order chi connectivity index (χ1) is 8.99. The van der Waals surface area contributed by atoms with Gasteiger partial charge in [0.1, 0.15) is 10.7 Å². The van der Waals surface area contributed by atoms with Gasteiger partial charge in [0, 0.05) is 6.54 Å². The second-order valence-electron chi connectivity index (χ2n) is 4.10. The number of rotatable bonds is 8. The average Bonchev–Trinajstić information content (AvgIpc) is 2.36. The third-order valence-corrected chi connectivity index (χ3v) is 4.84. The first-order valence-corrected chi connectivity index (χ1v) is 8.89. The standard InChI is InChI=1S/C12H19FN2O2S2/c1-18-9-4-2-3-8-15-19(16,17)11-7-5-6-10(13)12(11)14/h5-7,15H,2-4,8-9,14H2,1H3. The van der Waals surface area contributed by atoms with Crippen LogP contribution in [0.2, 0.25) is 0 Å². The molecule has 0 saturated carbocycles. The second-order valence-corrected chi connectivity index (χ2v) is 6.82. The summed E-state index contributed by atoms with van der Waals surface area (Å²) in [5.74, 6) is 0.353. The molecule has 1 aromatic rings. The van der Waals surface area contributed by atoms with Gasteiger partial charge in [-0.25, -0.2) is 17.5 Å². The van der Waals surface area contributed by atoms with E-state index in [1.54, 1.807) is 11.8 Å². The lowest BCUT2D eigenvalue weighted by Gasteiger charge is -2.09. The molecule has 108 valence electrons. The van der Waals surface area contributed by atoms with Crippen LogP contribution >= 0.6 is 11.8 Å². The molecule has 7 heteroatoms. The van der Waals surface area contributed by atoms with Crippen molar-refractivity contribution in [2.24, 2.45) is 0 Å². The summed E-state index contributed by atoms with van der Waals surface area (Å²) in [5.41, 5.74) is 5.11. The van der Waals surface area contributed by atoms with E-state index in [4.69, 9.17) is 5.73 Å². The van der Waals surface area contributed by atoms with Crippen molar-refractivity contribution in [3.63, 3.8) is 0 Å². The van der Waals surface area contributed by atoms with Gasteiger partial charge in [-0.3, -0.25) is 0 Å². The molecule has 0 bridgehead atoms. The molecule has 0 atom stereocenters. The highest BCUT2D eigenvalue weighted by Gasteiger charge is 2.18. The van der Waals surface area contributed by atoms with Crippen LogP contribution in [0.3, 0.4) is 0 Å². The van der Waals surface area contributed by atoms with E-state index in [2.05, 4.69) is 4.72 Å². The smallest absolute Gasteiger partial charge is 0.242 e. The maximum atomic E-state index is 13.2. The minimum atomic E-state index is -3.73. The third-order valence-electron chi connectivity index (χ3n) is 2.62. The summed E-state index contributed by atoms with van der Waals surface area (Å²) >= 11 is 1.77. The Morgan fingerprint density at radius 2 is 2.05 bits per heavy atom. The summed E-state index contributed by atoms with van der Waals surface area (Å²) in [6.07, 6.45) is 4.82. The molecule has 0 saturated heterocycles. The molecule has 0 heterocycles. The van der Waals surface area contributed by atoms with Gasteiger partial charge in [-0.05, 0) is 37.0 Å². The second kappa shape index (κ2) is 7.72. The van der Waals surface area contributed by atoms with Crippen molar-refractivity contribution in [2.45, 2.75) is 24.2 Å². The summed E-state index contributed by atoms with van der Waals surface area (Å²) in [7, 11) is -3.73. The van der Waals surface area contributed by atoms with Crippen molar-refractivity contribution in [3.05, 3.63) is 24.0 Å². The van der Waals surface area contributed by atoms with Crippen molar-refractivity contribution in [2.75, 3.05) is 24.3 Å². The van der Waals surface area contributed by atoms with Gasteiger partial charge in [-0.15, -0.1) is 0 Å². The van der Waals surface area contributed by atoms with Crippen LogP contribution in [0, 0.1) is 5.82 Å². The first kappa shape index (κ1) is 16.3. The summed E-state index contributed by atoms with van der Waals surface area (Å²) in [5, 5.41) is 0. The number of hydrogen-bond acceptors (Lipinski definition) is 4. The SMILES string of the molecule is CSCCCCCNS(=O)(=O)c1cccc(F)c1N. The molecule has 0 radical (unpaired) electrons. The van der Waals surface area contributed by atoms with E-state index in [0.717, 1.165) is 31.1 Å². The molecular formula is C12H19FN2O2S2. The normalized spacial score (nSPS) is 11.7. The highest BCUT2D eigenvalue weighted by Crippen LogP contribution is 2.20. The summed E-state index contributed by atoms with van der Waals surface area (Å²) in [6, 6.07) is 3.77. The molecule has 0 fully saturated rings. The number of unbranched alkanes of at least 4 members (excludes halogenated alkanes) is 2. The molecule has 1 rings (SSSR count). The number of hydrogen-bond donors (Lipinski definition) is 2. The highest BCUT2D eigenvalue weighted by molar-refractivity contribution is 7.98. The monoisotopic (exact) mass is 306 g/mol. The zero-order chi connectivity index (χ0) is 14.3. The quantitative estimate of drug-likeness (QED) is 0.570. The fourth-order valence-corrected chi connectivity index (χ4v) is 3.29. The van der Waals surface area contributed by atoms with Gasteiger partial charge >= 0.3 is 0 Å². The van der Waals surface area contributed by atoms with Gasteiger partial charge in [0.05, 0.1) is 5.69 Å². The molecule has 0 spiro atoms. The minimum Gasteiger partial charge on any atom is -0.395 e. The lowest BCUT2D eigenvalue weighted by molar-refractivity contribution is 0.574. The molecule has 0 aliphatic carbocycles. The van der Waals surface area contributed by atoms with Crippen molar-refractivity contribution >= 4 is 27.5 Å². The number of anilines is 1. The summed E-state index contributed by atoms with van der Waals surface area (Å²) < 4.78 is 39.5. The Balaban J connectivity index is 2.54. The molecule has 1 aromatic carbocycles. The van der Waals surface area contributed by atoms with Gasteiger partial charge < -0.3 is 5.73 Å². The fourth-order valence-electron chi connectivity index (χ4n) is 1.58. The van der Waals surface area contributed by atoms with Crippen molar-refractivity contribution < 1.29 is 12.8 Å². The Hall–Kier alpha value is -0.790. The van der Waals surface area contributed by atoms with Gasteiger partial charge in [0.25, 0.3) is 0 Å². The Morgan fingerprint density at radius 3 is 2.74 bits per heavy atom. The molecule has 3 N–H and O–H groups in total. The van der Waals surface area contributed by atoms with Gasteiger partial charge in [-0.2, -0.15) is 11.8 Å². The number of halogens is 1. The molecule has 19 heavy (non-hydrogen) atoms.